The Balaban J connectivity index is 0.805. The Hall–Kier alpha value is -6.42. The summed E-state index contributed by atoms with van der Waals surface area (Å²) < 4.78 is 30.0. The Morgan fingerprint density at radius 2 is 1.84 bits per heavy atom. The van der Waals surface area contributed by atoms with Gasteiger partial charge in [0.1, 0.15) is 40.8 Å². The summed E-state index contributed by atoms with van der Waals surface area (Å²) in [6.45, 7) is 7.48. The largest absolute Gasteiger partial charge is 0.490 e. The van der Waals surface area contributed by atoms with Gasteiger partial charge in [-0.05, 0) is 107 Å². The van der Waals surface area contributed by atoms with Gasteiger partial charge < -0.3 is 19.4 Å². The van der Waals surface area contributed by atoms with Crippen LogP contribution in [0, 0.1) is 55.7 Å². The minimum Gasteiger partial charge on any atom is -0.490 e. The zero-order valence-electron chi connectivity index (χ0n) is 34.4. The third-order valence-corrected chi connectivity index (χ3v) is 13.3. The first-order chi connectivity index (χ1) is 30.1. The van der Waals surface area contributed by atoms with Gasteiger partial charge in [0.15, 0.2) is 23.2 Å². The lowest BCUT2D eigenvalue weighted by molar-refractivity contribution is 0.0888. The predicted molar refractivity (Wildman–Crippen MR) is 233 cm³/mol. The summed E-state index contributed by atoms with van der Waals surface area (Å²) in [5.41, 5.74) is 4.14. The van der Waals surface area contributed by atoms with Crippen molar-refractivity contribution in [1.29, 1.82) is 5.26 Å². The molecule has 0 spiro atoms. The fraction of sp³-hybridized carbons (Fsp3) is 0.348. The van der Waals surface area contributed by atoms with E-state index in [9.17, 15) is 4.79 Å². The average molecular weight is 869 g/mol. The second-order valence-corrected chi connectivity index (χ2v) is 17.5. The molecule has 9 rings (SSSR count). The predicted octanol–water partition coefficient (Wildman–Crippen LogP) is 8.22. The molecule has 1 saturated heterocycles. The number of fused-ring (bicyclic) bond motifs is 3. The van der Waals surface area contributed by atoms with E-state index in [1.54, 1.807) is 47.9 Å². The molecule has 13 nitrogen and oxygen atoms in total. The van der Waals surface area contributed by atoms with E-state index in [0.29, 0.717) is 57.1 Å². The molecule has 1 aliphatic carbocycles. The van der Waals surface area contributed by atoms with Crippen molar-refractivity contribution < 1.29 is 18.3 Å². The van der Waals surface area contributed by atoms with Gasteiger partial charge in [-0.15, -0.1) is 31.7 Å². The van der Waals surface area contributed by atoms with Crippen molar-refractivity contribution in [3.63, 3.8) is 0 Å². The summed E-state index contributed by atoms with van der Waals surface area (Å²) in [4.78, 5) is 25.8. The number of aliphatic imine (C=N–C) groups is 1. The van der Waals surface area contributed by atoms with E-state index in [1.165, 1.54) is 12.3 Å². The fourth-order valence-electron chi connectivity index (χ4n) is 8.30. The van der Waals surface area contributed by atoms with Crippen molar-refractivity contribution >= 4 is 40.4 Å². The van der Waals surface area contributed by atoms with Crippen LogP contribution in [0.4, 0.5) is 10.2 Å². The molecule has 6 aromatic rings. The number of hydrogen-bond acceptors (Lipinski definition) is 12. The molecule has 6 heterocycles. The molecule has 62 heavy (non-hydrogen) atoms. The van der Waals surface area contributed by atoms with Crippen molar-refractivity contribution in [2.45, 2.75) is 83.9 Å². The zero-order chi connectivity index (χ0) is 42.9. The van der Waals surface area contributed by atoms with Crippen LogP contribution < -0.4 is 15.0 Å². The highest BCUT2D eigenvalue weighted by Gasteiger charge is 2.33. The number of piperidine rings is 1. The summed E-state index contributed by atoms with van der Waals surface area (Å²) in [5.74, 6) is 9.35. The van der Waals surface area contributed by atoms with Crippen molar-refractivity contribution in [2.75, 3.05) is 18.0 Å². The number of ether oxygens (including phenoxy) is 1. The molecule has 0 bridgehead atoms. The molecule has 4 aromatic heterocycles. The normalized spacial score (nSPS) is 18.7. The first-order valence-electron chi connectivity index (χ1n) is 20.7. The molecule has 16 heteroatoms. The van der Waals surface area contributed by atoms with Crippen molar-refractivity contribution in [2.24, 2.45) is 10.9 Å². The van der Waals surface area contributed by atoms with Crippen LogP contribution in [-0.4, -0.2) is 66.8 Å². The van der Waals surface area contributed by atoms with Crippen LogP contribution in [0.3, 0.4) is 0 Å². The monoisotopic (exact) mass is 868 g/mol. The minimum atomic E-state index is -0.496. The Morgan fingerprint density at radius 3 is 2.55 bits per heavy atom. The van der Waals surface area contributed by atoms with Crippen molar-refractivity contribution in [3.8, 4) is 28.7 Å². The molecular formula is C46H42ClFN10O3S. The van der Waals surface area contributed by atoms with Crippen LogP contribution in [-0.2, 0) is 6.42 Å². The van der Waals surface area contributed by atoms with Crippen molar-refractivity contribution in [3.05, 3.63) is 128 Å². The molecule has 2 fully saturated rings. The van der Waals surface area contributed by atoms with Gasteiger partial charge in [-0.25, -0.2) is 9.37 Å². The molecule has 1 atom stereocenters. The number of nitriles is 1. The number of halogens is 2. The van der Waals surface area contributed by atoms with Crippen LogP contribution in [0.15, 0.2) is 70.4 Å². The van der Waals surface area contributed by atoms with Crippen LogP contribution in [0.2, 0.25) is 5.02 Å². The first kappa shape index (κ1) is 41.0. The lowest BCUT2D eigenvalue weighted by Crippen LogP contribution is -2.40. The highest BCUT2D eigenvalue weighted by Crippen LogP contribution is 2.40. The third-order valence-electron chi connectivity index (χ3n) is 11.8. The molecule has 314 valence electrons. The van der Waals surface area contributed by atoms with E-state index >= 15 is 4.39 Å². The second kappa shape index (κ2) is 17.5. The number of nitrogens with one attached hydrogen (secondary N) is 1. The number of aromatic nitrogens is 6. The van der Waals surface area contributed by atoms with Gasteiger partial charge in [-0.1, -0.05) is 23.4 Å². The Kier molecular flexibility index (Phi) is 11.6. The maximum atomic E-state index is 16.3. The van der Waals surface area contributed by atoms with Gasteiger partial charge >= 0.3 is 0 Å². The SMILES string of the molecule is Cc1sc2c(c1C)C(c1ccc(C#CC3CCN(c4ccc(C(=O)NC5CCC(Oc6ccc(C#N)c(Cl)c6)CC5)nn4)CC3)cc1F)=NC(Cc1ncco1)c1nnc(C)n1-2. The summed E-state index contributed by atoms with van der Waals surface area (Å²) >= 11 is 7.78. The van der Waals surface area contributed by atoms with Gasteiger partial charge in [0.2, 0.25) is 0 Å². The van der Waals surface area contributed by atoms with Gasteiger partial charge in [-0.2, -0.15) is 5.26 Å². The summed E-state index contributed by atoms with van der Waals surface area (Å²) in [5, 5.41) is 31.0. The Labute approximate surface area is 367 Å². The molecule has 1 saturated carbocycles. The van der Waals surface area contributed by atoms with Gasteiger partial charge in [0.05, 0.1) is 35.0 Å². The number of carbonyl (C=O) groups is 1. The molecule has 2 aromatic carbocycles. The number of nitrogens with zero attached hydrogens (tertiary/aromatic N) is 9. The Bertz CT molecular complexity index is 2770. The van der Waals surface area contributed by atoms with Gasteiger partial charge in [0.25, 0.3) is 5.91 Å². The van der Waals surface area contributed by atoms with Crippen molar-refractivity contribution in [1.82, 2.24) is 35.3 Å². The lowest BCUT2D eigenvalue weighted by Gasteiger charge is -2.30. The third kappa shape index (κ3) is 8.43. The molecular weight excluding hydrogens is 827 g/mol. The number of rotatable bonds is 8. The van der Waals surface area contributed by atoms with E-state index in [-0.39, 0.29) is 29.7 Å². The maximum absolute atomic E-state index is 16.3. The number of anilines is 1. The average Bonchev–Trinajstić information content (AvgIpc) is 3.99. The maximum Gasteiger partial charge on any atom is 0.272 e. The summed E-state index contributed by atoms with van der Waals surface area (Å²) in [7, 11) is 0. The zero-order valence-corrected chi connectivity index (χ0v) is 35.9. The quantitative estimate of drug-likeness (QED) is 0.148. The number of oxazole rings is 1. The topological polar surface area (TPSA) is 160 Å². The smallest absolute Gasteiger partial charge is 0.272 e. The van der Waals surface area contributed by atoms with E-state index in [1.807, 2.05) is 30.5 Å². The summed E-state index contributed by atoms with van der Waals surface area (Å²) in [6.07, 6.45) is 8.21. The highest BCUT2D eigenvalue weighted by atomic mass is 35.5. The molecule has 1 N–H and O–H groups in total. The van der Waals surface area contributed by atoms with Crippen LogP contribution in [0.5, 0.6) is 5.75 Å². The van der Waals surface area contributed by atoms with Gasteiger partial charge in [0, 0.05) is 52.7 Å². The number of benzene rings is 2. The van der Waals surface area contributed by atoms with E-state index in [0.717, 1.165) is 78.4 Å². The van der Waals surface area contributed by atoms with E-state index in [2.05, 4.69) is 60.4 Å². The number of hydrogen-bond donors (Lipinski definition) is 1. The molecule has 1 unspecified atom stereocenters. The van der Waals surface area contributed by atoms with E-state index in [4.69, 9.17) is 31.0 Å². The van der Waals surface area contributed by atoms with E-state index < -0.39 is 11.9 Å². The van der Waals surface area contributed by atoms with Crippen LogP contribution in [0.25, 0.3) is 5.00 Å². The summed E-state index contributed by atoms with van der Waals surface area (Å²) in [6, 6.07) is 15.3. The lowest BCUT2D eigenvalue weighted by atomic mass is 9.93. The number of thiophene rings is 1. The molecule has 1 amide bonds. The highest BCUT2D eigenvalue weighted by molar-refractivity contribution is 7.15. The Morgan fingerprint density at radius 1 is 1.02 bits per heavy atom. The second-order valence-electron chi connectivity index (χ2n) is 15.8. The standard InChI is InChI=1S/C46H42ClFN10O3S/c1-26-27(2)62-46-42(26)43(52-39(24-41-50-18-21-60-41)44-56-53-28(3)58(44)46)35-13-6-30(22-37(35)48)5-4-29-16-19-57(20-17-29)40-15-14-38(54-55-40)45(59)51-32-8-11-33(12-9-32)61-34-10-7-31(25-49)36(47)23-34/h6-7,10,13-15,18,21-23,29,32-33,39H,8-9,11-12,16-17,19-20,24H2,1-3H3,(H,51,59). The van der Waals surface area contributed by atoms with Gasteiger partial charge in [-0.3, -0.25) is 14.4 Å². The molecule has 0 radical (unpaired) electrons. The number of carbonyl (C=O) groups excluding carboxylic acids is 1. The number of amides is 1. The fourth-order valence-corrected chi connectivity index (χ4v) is 9.73. The molecule has 2 aliphatic heterocycles. The first-order valence-corrected chi connectivity index (χ1v) is 21.9. The van der Waals surface area contributed by atoms with Crippen LogP contribution in [0.1, 0.15) is 105 Å². The minimum absolute atomic E-state index is 0.00920. The number of aryl methyl sites for hydroxylation is 2. The molecule has 3 aliphatic rings. The van der Waals surface area contributed by atoms with Crippen LogP contribution >= 0.6 is 22.9 Å².